The number of methoxy groups -OCH3 is 1. The van der Waals surface area contributed by atoms with Gasteiger partial charge in [0.15, 0.2) is 0 Å². The molecule has 2 rings (SSSR count). The van der Waals surface area contributed by atoms with E-state index >= 15 is 0 Å². The molecular weight excluding hydrogens is 248 g/mol. The van der Waals surface area contributed by atoms with Gasteiger partial charge in [0, 0.05) is 12.5 Å². The highest BCUT2D eigenvalue weighted by molar-refractivity contribution is 5.29. The molecule has 1 aromatic rings. The molecule has 1 aromatic carbocycles. The van der Waals surface area contributed by atoms with Crippen LogP contribution < -0.4 is 4.74 Å². The van der Waals surface area contributed by atoms with Crippen molar-refractivity contribution in [3.05, 3.63) is 47.9 Å². The zero-order chi connectivity index (χ0) is 14.2. The Morgan fingerprint density at radius 3 is 2.75 bits per heavy atom. The van der Waals surface area contributed by atoms with E-state index in [2.05, 4.69) is 31.2 Å². The van der Waals surface area contributed by atoms with Crippen LogP contribution in [0.2, 0.25) is 0 Å². The second kappa shape index (κ2) is 8.11. The van der Waals surface area contributed by atoms with E-state index in [-0.39, 0.29) is 0 Å². The van der Waals surface area contributed by atoms with Crippen LogP contribution in [0.3, 0.4) is 0 Å². The van der Waals surface area contributed by atoms with Crippen molar-refractivity contribution >= 4 is 0 Å². The van der Waals surface area contributed by atoms with Gasteiger partial charge in [-0.05, 0) is 49.3 Å². The Hall–Kier alpha value is -1.28. The average Bonchev–Trinajstić information content (AvgIpc) is 2.53. The Bertz CT molecular complexity index is 402. The molecular formula is C18H25O2. The normalized spacial score (nSPS) is 19.6. The van der Waals surface area contributed by atoms with Gasteiger partial charge in [0.1, 0.15) is 5.75 Å². The van der Waals surface area contributed by atoms with E-state index in [0.717, 1.165) is 31.8 Å². The maximum Gasteiger partial charge on any atom is 0.118 e. The zero-order valence-corrected chi connectivity index (χ0v) is 12.6. The van der Waals surface area contributed by atoms with Gasteiger partial charge in [-0.3, -0.25) is 0 Å². The largest absolute Gasteiger partial charge is 0.497 e. The lowest BCUT2D eigenvalue weighted by atomic mass is 9.85. The zero-order valence-electron chi connectivity index (χ0n) is 12.6. The summed E-state index contributed by atoms with van der Waals surface area (Å²) in [6.45, 7) is 4.07. The van der Waals surface area contributed by atoms with Crippen molar-refractivity contribution in [3.63, 3.8) is 0 Å². The van der Waals surface area contributed by atoms with Gasteiger partial charge in [0.2, 0.25) is 0 Å². The molecule has 1 heterocycles. The van der Waals surface area contributed by atoms with Crippen molar-refractivity contribution in [3.8, 4) is 5.75 Å². The van der Waals surface area contributed by atoms with E-state index < -0.39 is 0 Å². The minimum absolute atomic E-state index is 0.626. The van der Waals surface area contributed by atoms with Crippen molar-refractivity contribution in [2.24, 2.45) is 5.92 Å². The quantitative estimate of drug-likeness (QED) is 0.773. The molecule has 0 aliphatic carbocycles. The molecule has 2 nitrogen and oxygen atoms in total. The lowest BCUT2D eigenvalue weighted by Crippen LogP contribution is -2.22. The number of hydrogen-bond acceptors (Lipinski definition) is 2. The average molecular weight is 273 g/mol. The molecule has 0 amide bonds. The molecule has 20 heavy (non-hydrogen) atoms. The minimum atomic E-state index is 0.626. The molecule has 0 spiro atoms. The molecule has 1 unspecified atom stereocenters. The van der Waals surface area contributed by atoms with Crippen LogP contribution in [0.4, 0.5) is 0 Å². The highest BCUT2D eigenvalue weighted by Crippen LogP contribution is 2.27. The predicted octanol–water partition coefficient (Wildman–Crippen LogP) is 4.20. The lowest BCUT2D eigenvalue weighted by molar-refractivity contribution is 0.0607. The fourth-order valence-electron chi connectivity index (χ4n) is 2.68. The third-order valence-electron chi connectivity index (χ3n) is 3.94. The van der Waals surface area contributed by atoms with Crippen LogP contribution in [0, 0.1) is 11.8 Å². The van der Waals surface area contributed by atoms with Crippen LogP contribution in [-0.2, 0) is 11.2 Å². The smallest absolute Gasteiger partial charge is 0.118 e. The molecule has 1 saturated heterocycles. The summed E-state index contributed by atoms with van der Waals surface area (Å²) >= 11 is 0. The van der Waals surface area contributed by atoms with E-state index in [1.54, 1.807) is 7.11 Å². The Kier molecular flexibility index (Phi) is 6.13. The second-order valence-electron chi connectivity index (χ2n) is 5.30. The summed E-state index contributed by atoms with van der Waals surface area (Å²) in [5.41, 5.74) is 1.32. The summed E-state index contributed by atoms with van der Waals surface area (Å²) in [6.07, 6.45) is 9.14. The Morgan fingerprint density at radius 1 is 1.35 bits per heavy atom. The molecule has 0 aromatic heterocycles. The summed E-state index contributed by atoms with van der Waals surface area (Å²) in [6, 6.07) is 8.28. The monoisotopic (exact) mass is 273 g/mol. The van der Waals surface area contributed by atoms with E-state index in [1.165, 1.54) is 24.3 Å². The van der Waals surface area contributed by atoms with E-state index in [4.69, 9.17) is 9.47 Å². The predicted molar refractivity (Wildman–Crippen MR) is 82.9 cm³/mol. The fourth-order valence-corrected chi connectivity index (χ4v) is 2.68. The first-order chi connectivity index (χ1) is 9.83. The standard InChI is InChI=1S/C18H25O2/c1-3-16(17-8-5-13-20-14-17)7-4-6-15-9-11-18(19-2)12-10-15/h4,7,9-12,17H,3,5-6,8,13-14H2,1-2H3. The highest BCUT2D eigenvalue weighted by Gasteiger charge is 2.21. The first-order valence-corrected chi connectivity index (χ1v) is 7.56. The van der Waals surface area contributed by atoms with E-state index in [9.17, 15) is 0 Å². The summed E-state index contributed by atoms with van der Waals surface area (Å²) in [4.78, 5) is 0. The highest BCUT2D eigenvalue weighted by atomic mass is 16.5. The van der Waals surface area contributed by atoms with Crippen molar-refractivity contribution in [2.45, 2.75) is 32.6 Å². The first-order valence-electron chi connectivity index (χ1n) is 7.56. The number of ether oxygens (including phenoxy) is 2. The first kappa shape index (κ1) is 15.1. The van der Waals surface area contributed by atoms with Crippen molar-refractivity contribution < 1.29 is 9.47 Å². The number of benzene rings is 1. The molecule has 2 heteroatoms. The Morgan fingerprint density at radius 2 is 2.15 bits per heavy atom. The molecule has 0 saturated carbocycles. The minimum Gasteiger partial charge on any atom is -0.497 e. The molecule has 1 radical (unpaired) electrons. The molecule has 109 valence electrons. The van der Waals surface area contributed by atoms with E-state index in [1.807, 2.05) is 12.1 Å². The van der Waals surface area contributed by atoms with Gasteiger partial charge in [0.25, 0.3) is 0 Å². The topological polar surface area (TPSA) is 18.5 Å². The van der Waals surface area contributed by atoms with Gasteiger partial charge in [-0.15, -0.1) is 0 Å². The van der Waals surface area contributed by atoms with Crippen LogP contribution in [0.25, 0.3) is 0 Å². The Balaban J connectivity index is 1.86. The van der Waals surface area contributed by atoms with Crippen molar-refractivity contribution in [1.29, 1.82) is 0 Å². The molecule has 1 aliphatic rings. The molecule has 1 fully saturated rings. The van der Waals surface area contributed by atoms with Crippen LogP contribution in [0.1, 0.15) is 31.7 Å². The van der Waals surface area contributed by atoms with Gasteiger partial charge in [0.05, 0.1) is 13.7 Å². The van der Waals surface area contributed by atoms with Crippen LogP contribution in [0.5, 0.6) is 5.75 Å². The summed E-state index contributed by atoms with van der Waals surface area (Å²) in [5.74, 6) is 3.07. The number of allylic oxidation sites excluding steroid dienone is 2. The number of rotatable bonds is 6. The maximum atomic E-state index is 5.59. The third-order valence-corrected chi connectivity index (χ3v) is 3.94. The molecule has 0 bridgehead atoms. The Labute approximate surface area is 122 Å². The van der Waals surface area contributed by atoms with E-state index in [0.29, 0.717) is 5.92 Å². The molecule has 1 aliphatic heterocycles. The van der Waals surface area contributed by atoms with Crippen LogP contribution in [-0.4, -0.2) is 20.3 Å². The van der Waals surface area contributed by atoms with Crippen molar-refractivity contribution in [1.82, 2.24) is 0 Å². The lowest BCUT2D eigenvalue weighted by Gasteiger charge is -2.27. The number of hydrogen-bond donors (Lipinski definition) is 0. The van der Waals surface area contributed by atoms with Crippen molar-refractivity contribution in [2.75, 3.05) is 20.3 Å². The van der Waals surface area contributed by atoms with Gasteiger partial charge in [-0.25, -0.2) is 0 Å². The third kappa shape index (κ3) is 4.38. The summed E-state index contributed by atoms with van der Waals surface area (Å²) in [7, 11) is 1.70. The van der Waals surface area contributed by atoms with Gasteiger partial charge < -0.3 is 9.47 Å². The van der Waals surface area contributed by atoms with Gasteiger partial charge in [-0.2, -0.15) is 0 Å². The maximum absolute atomic E-state index is 5.59. The van der Waals surface area contributed by atoms with Crippen LogP contribution >= 0.6 is 0 Å². The summed E-state index contributed by atoms with van der Waals surface area (Å²) in [5, 5.41) is 0. The van der Waals surface area contributed by atoms with Gasteiger partial charge in [-0.1, -0.05) is 31.2 Å². The fraction of sp³-hybridized carbons (Fsp3) is 0.500. The summed E-state index contributed by atoms with van der Waals surface area (Å²) < 4.78 is 10.8. The SMILES string of the molecule is CC[C](C=CCc1ccc(OC)cc1)C1CCCOC1. The molecule has 0 N–H and O–H groups in total. The second-order valence-corrected chi connectivity index (χ2v) is 5.30. The molecule has 1 atom stereocenters. The van der Waals surface area contributed by atoms with Crippen LogP contribution in [0.15, 0.2) is 36.4 Å². The van der Waals surface area contributed by atoms with Gasteiger partial charge >= 0.3 is 0 Å².